The van der Waals surface area contributed by atoms with Crippen LogP contribution in [0.1, 0.15) is 33.1 Å². The van der Waals surface area contributed by atoms with E-state index in [1.54, 1.807) is 0 Å². The predicted octanol–water partition coefficient (Wildman–Crippen LogP) is 4.00. The van der Waals surface area contributed by atoms with Crippen LogP contribution in [0.4, 0.5) is 0 Å². The molecule has 1 rings (SSSR count). The summed E-state index contributed by atoms with van der Waals surface area (Å²) in [7, 11) is 0. The van der Waals surface area contributed by atoms with Gasteiger partial charge in [-0.2, -0.15) is 0 Å². The Hall–Kier alpha value is -1.44. The lowest BCUT2D eigenvalue weighted by molar-refractivity contribution is 0.502. The first-order chi connectivity index (χ1) is 8.65. The summed E-state index contributed by atoms with van der Waals surface area (Å²) in [6, 6.07) is 0.282. The lowest BCUT2D eigenvalue weighted by Gasteiger charge is -2.25. The number of hydrogen-bond donors (Lipinski definition) is 0. The zero-order chi connectivity index (χ0) is 13.5. The second-order valence-corrected chi connectivity index (χ2v) is 4.81. The normalized spacial score (nSPS) is 30.2. The maximum Gasteiger partial charge on any atom is 0.0785 e. The minimum Gasteiger partial charge on any atom is -0.293 e. The van der Waals surface area contributed by atoms with Gasteiger partial charge >= 0.3 is 0 Å². The van der Waals surface area contributed by atoms with E-state index in [0.717, 1.165) is 24.8 Å². The molecule has 0 amide bonds. The Balaban J connectivity index is 3.01. The molecule has 0 spiro atoms. The maximum atomic E-state index is 4.51. The highest BCUT2D eigenvalue weighted by atomic mass is 14.8. The molecule has 2 nitrogen and oxygen atoms in total. The molecule has 0 aliphatic heterocycles. The van der Waals surface area contributed by atoms with E-state index in [-0.39, 0.29) is 12.1 Å². The standard InChI is InChI=1S/C16H24N2/c1-6-9-12(3)14-10-8-11-15(18-7-2)13(4)16(14)17-5/h6-7,9,14-16H,1,4-5,8,10-11H2,2-3H3/b12-9+,18-7?. The summed E-state index contributed by atoms with van der Waals surface area (Å²) in [5.41, 5.74) is 2.41. The number of allylic oxidation sites excluding steroid dienone is 2. The summed E-state index contributed by atoms with van der Waals surface area (Å²) in [5, 5.41) is 0. The van der Waals surface area contributed by atoms with Crippen LogP contribution in [0.25, 0.3) is 0 Å². The van der Waals surface area contributed by atoms with Gasteiger partial charge in [-0.1, -0.05) is 37.3 Å². The van der Waals surface area contributed by atoms with E-state index in [1.807, 2.05) is 19.2 Å². The van der Waals surface area contributed by atoms with Gasteiger partial charge in [0.15, 0.2) is 0 Å². The van der Waals surface area contributed by atoms with Gasteiger partial charge in [0.1, 0.15) is 0 Å². The van der Waals surface area contributed by atoms with Crippen LogP contribution in [-0.2, 0) is 0 Å². The molecule has 0 bridgehead atoms. The van der Waals surface area contributed by atoms with Crippen LogP contribution in [0.5, 0.6) is 0 Å². The van der Waals surface area contributed by atoms with E-state index in [9.17, 15) is 0 Å². The van der Waals surface area contributed by atoms with E-state index in [0.29, 0.717) is 5.92 Å². The molecule has 2 heteroatoms. The fraction of sp³-hybridized carbons (Fsp3) is 0.500. The fourth-order valence-electron chi connectivity index (χ4n) is 2.71. The number of nitrogens with zero attached hydrogens (tertiary/aromatic N) is 2. The fourth-order valence-corrected chi connectivity index (χ4v) is 2.71. The Kier molecular flexibility index (Phi) is 5.76. The largest absolute Gasteiger partial charge is 0.293 e. The minimum atomic E-state index is 0.0809. The van der Waals surface area contributed by atoms with Crippen LogP contribution in [0.2, 0.25) is 0 Å². The summed E-state index contributed by atoms with van der Waals surface area (Å²) >= 11 is 0. The van der Waals surface area contributed by atoms with Gasteiger partial charge in [-0.15, -0.1) is 0 Å². The highest BCUT2D eigenvalue weighted by molar-refractivity contribution is 5.54. The number of hydrogen-bond acceptors (Lipinski definition) is 2. The van der Waals surface area contributed by atoms with Crippen molar-refractivity contribution in [2.45, 2.75) is 45.2 Å². The van der Waals surface area contributed by atoms with Gasteiger partial charge in [-0.3, -0.25) is 9.98 Å². The van der Waals surface area contributed by atoms with Crippen molar-refractivity contribution >= 4 is 12.9 Å². The Labute approximate surface area is 111 Å². The third-order valence-electron chi connectivity index (χ3n) is 3.67. The lowest BCUT2D eigenvalue weighted by Crippen LogP contribution is -2.24. The SMILES string of the molecule is C=C/C=C(\C)C1CCCC(N=CC)C(=C)C1N=C. The van der Waals surface area contributed by atoms with Crippen LogP contribution < -0.4 is 0 Å². The van der Waals surface area contributed by atoms with Crippen LogP contribution in [0.15, 0.2) is 46.4 Å². The average Bonchev–Trinajstić information content (AvgIpc) is 2.50. The summed E-state index contributed by atoms with van der Waals surface area (Å²) < 4.78 is 0. The second-order valence-electron chi connectivity index (χ2n) is 4.81. The molecule has 0 heterocycles. The van der Waals surface area contributed by atoms with Crippen molar-refractivity contribution in [3.63, 3.8) is 0 Å². The minimum absolute atomic E-state index is 0.0809. The average molecular weight is 244 g/mol. The lowest BCUT2D eigenvalue weighted by atomic mass is 9.86. The van der Waals surface area contributed by atoms with Gasteiger partial charge in [0.2, 0.25) is 0 Å². The van der Waals surface area contributed by atoms with Crippen molar-refractivity contribution < 1.29 is 0 Å². The molecule has 0 saturated heterocycles. The first kappa shape index (κ1) is 14.6. The molecule has 0 N–H and O–H groups in total. The third-order valence-corrected chi connectivity index (χ3v) is 3.67. The predicted molar refractivity (Wildman–Crippen MR) is 81.7 cm³/mol. The third kappa shape index (κ3) is 3.28. The zero-order valence-electron chi connectivity index (χ0n) is 11.6. The van der Waals surface area contributed by atoms with Crippen molar-refractivity contribution in [2.24, 2.45) is 15.9 Å². The molecule has 0 aromatic carbocycles. The van der Waals surface area contributed by atoms with E-state index in [2.05, 4.69) is 42.9 Å². The summed E-state index contributed by atoms with van der Waals surface area (Å²) in [5.74, 6) is 0.394. The molecule has 1 aliphatic carbocycles. The van der Waals surface area contributed by atoms with Gasteiger partial charge in [-0.05, 0) is 45.2 Å². The van der Waals surface area contributed by atoms with E-state index >= 15 is 0 Å². The quantitative estimate of drug-likeness (QED) is 0.309. The highest BCUT2D eigenvalue weighted by Crippen LogP contribution is 2.34. The summed E-state index contributed by atoms with van der Waals surface area (Å²) in [6.07, 6.45) is 9.11. The molecule has 0 aromatic rings. The summed E-state index contributed by atoms with van der Waals surface area (Å²) in [6.45, 7) is 15.8. The number of rotatable bonds is 4. The first-order valence-electron chi connectivity index (χ1n) is 6.57. The van der Waals surface area contributed by atoms with Gasteiger partial charge in [0.25, 0.3) is 0 Å². The van der Waals surface area contributed by atoms with Gasteiger partial charge < -0.3 is 0 Å². The first-order valence-corrected chi connectivity index (χ1v) is 6.57. The van der Waals surface area contributed by atoms with Gasteiger partial charge in [-0.25, -0.2) is 0 Å². The second kappa shape index (κ2) is 7.10. The van der Waals surface area contributed by atoms with E-state index in [1.165, 1.54) is 5.57 Å². The topological polar surface area (TPSA) is 24.7 Å². The maximum absolute atomic E-state index is 4.51. The van der Waals surface area contributed by atoms with Gasteiger partial charge in [0, 0.05) is 5.92 Å². The Bertz CT molecular complexity index is 377. The van der Waals surface area contributed by atoms with E-state index < -0.39 is 0 Å². The molecular formula is C16H24N2. The van der Waals surface area contributed by atoms with Crippen LogP contribution >= 0.6 is 0 Å². The highest BCUT2D eigenvalue weighted by Gasteiger charge is 2.31. The molecule has 18 heavy (non-hydrogen) atoms. The zero-order valence-corrected chi connectivity index (χ0v) is 11.6. The Morgan fingerprint density at radius 2 is 2.11 bits per heavy atom. The molecule has 1 saturated carbocycles. The van der Waals surface area contributed by atoms with Crippen molar-refractivity contribution in [1.29, 1.82) is 0 Å². The molecule has 1 aliphatic rings. The van der Waals surface area contributed by atoms with Crippen molar-refractivity contribution in [3.8, 4) is 0 Å². The van der Waals surface area contributed by atoms with E-state index in [4.69, 9.17) is 0 Å². The Morgan fingerprint density at radius 1 is 1.39 bits per heavy atom. The molecule has 98 valence electrons. The monoisotopic (exact) mass is 244 g/mol. The van der Waals surface area contributed by atoms with Crippen molar-refractivity contribution in [1.82, 2.24) is 0 Å². The van der Waals surface area contributed by atoms with Crippen molar-refractivity contribution in [2.75, 3.05) is 0 Å². The Morgan fingerprint density at radius 3 is 2.67 bits per heavy atom. The molecule has 3 atom stereocenters. The summed E-state index contributed by atoms with van der Waals surface area (Å²) in [4.78, 5) is 8.82. The molecular weight excluding hydrogens is 220 g/mol. The molecule has 0 radical (unpaired) electrons. The van der Waals surface area contributed by atoms with Crippen LogP contribution in [0.3, 0.4) is 0 Å². The van der Waals surface area contributed by atoms with Crippen LogP contribution in [-0.4, -0.2) is 25.0 Å². The molecule has 0 aromatic heterocycles. The number of aliphatic imine (C=N–C) groups is 2. The van der Waals surface area contributed by atoms with Crippen LogP contribution in [0, 0.1) is 5.92 Å². The smallest absolute Gasteiger partial charge is 0.0785 e. The molecule has 1 fully saturated rings. The van der Waals surface area contributed by atoms with Crippen molar-refractivity contribution in [3.05, 3.63) is 36.5 Å². The molecule has 3 unspecified atom stereocenters. The van der Waals surface area contributed by atoms with Gasteiger partial charge in [0.05, 0.1) is 12.1 Å².